The van der Waals surface area contributed by atoms with Crippen LogP contribution in [0.5, 0.6) is 0 Å². The first-order chi connectivity index (χ1) is 14.0. The Labute approximate surface area is 168 Å². The molecule has 0 saturated heterocycles. The van der Waals surface area contributed by atoms with E-state index in [4.69, 9.17) is 0 Å². The highest BCUT2D eigenvalue weighted by Crippen LogP contribution is 2.28. The van der Waals surface area contributed by atoms with Crippen LogP contribution >= 0.6 is 11.5 Å². The van der Waals surface area contributed by atoms with Crippen LogP contribution in [0.3, 0.4) is 0 Å². The number of aromatic nitrogens is 5. The summed E-state index contributed by atoms with van der Waals surface area (Å²) in [5.41, 5.74) is 0.966. The molecule has 3 heterocycles. The van der Waals surface area contributed by atoms with Gasteiger partial charge >= 0.3 is 0 Å². The van der Waals surface area contributed by atoms with Crippen molar-refractivity contribution in [3.63, 3.8) is 0 Å². The van der Waals surface area contributed by atoms with Crippen molar-refractivity contribution in [3.8, 4) is 5.82 Å². The molecule has 1 amide bonds. The molecule has 0 aliphatic heterocycles. The van der Waals surface area contributed by atoms with Crippen molar-refractivity contribution in [3.05, 3.63) is 66.0 Å². The Kier molecular flexibility index (Phi) is 5.12. The van der Waals surface area contributed by atoms with E-state index >= 15 is 0 Å². The summed E-state index contributed by atoms with van der Waals surface area (Å²) in [5.74, 6) is 0.409. The maximum absolute atomic E-state index is 13.5. The molecule has 1 aliphatic carbocycles. The smallest absolute Gasteiger partial charge is 0.260 e. The van der Waals surface area contributed by atoms with Gasteiger partial charge in [0, 0.05) is 18.1 Å². The number of allylic oxidation sites excluding steroid dienone is 3. The monoisotopic (exact) mass is 415 g/mol. The minimum atomic E-state index is -1.80. The topological polar surface area (TPSA) is 97.6 Å². The number of rotatable bonds is 5. The Morgan fingerprint density at radius 1 is 1.28 bits per heavy atom. The number of nitrogens with one attached hydrogen (secondary N) is 2. The first-order valence-corrected chi connectivity index (χ1v) is 9.33. The fraction of sp³-hybridized carbons (Fsp3) is 0.167. The first-order valence-electron chi connectivity index (χ1n) is 8.56. The average molecular weight is 415 g/mol. The molecule has 0 spiro atoms. The van der Waals surface area contributed by atoms with Crippen LogP contribution in [0.25, 0.3) is 5.82 Å². The fourth-order valence-electron chi connectivity index (χ4n) is 2.67. The number of carbonyl (C=O) groups is 1. The number of anilines is 2. The molecule has 0 aromatic carbocycles. The second-order valence-corrected chi connectivity index (χ2v) is 6.91. The highest BCUT2D eigenvalue weighted by Gasteiger charge is 2.23. The molecule has 8 nitrogen and oxygen atoms in total. The summed E-state index contributed by atoms with van der Waals surface area (Å²) in [6, 6.07) is 1.76. The third kappa shape index (κ3) is 4.04. The molecule has 0 fully saturated rings. The van der Waals surface area contributed by atoms with Gasteiger partial charge in [-0.05, 0) is 42.8 Å². The highest BCUT2D eigenvalue weighted by atomic mass is 32.1. The molecule has 3 aromatic rings. The third-order valence-electron chi connectivity index (χ3n) is 4.05. The van der Waals surface area contributed by atoms with Gasteiger partial charge in [-0.1, -0.05) is 0 Å². The molecular weight excluding hydrogens is 400 g/mol. The summed E-state index contributed by atoms with van der Waals surface area (Å²) >= 11 is 1.08. The predicted molar refractivity (Wildman–Crippen MR) is 104 cm³/mol. The van der Waals surface area contributed by atoms with E-state index in [0.29, 0.717) is 22.3 Å². The minimum absolute atomic E-state index is 0.188. The minimum Gasteiger partial charge on any atom is -0.329 e. The van der Waals surface area contributed by atoms with Crippen molar-refractivity contribution in [2.45, 2.75) is 19.3 Å². The second kappa shape index (κ2) is 7.87. The lowest BCUT2D eigenvalue weighted by molar-refractivity contribution is 0.0966. The normalized spacial score (nSPS) is 18.4. The Morgan fingerprint density at radius 2 is 2.14 bits per heavy atom. The van der Waals surface area contributed by atoms with E-state index in [1.54, 1.807) is 36.3 Å². The number of aryl methyl sites for hydroxylation is 1. The molecule has 11 heteroatoms. The van der Waals surface area contributed by atoms with Gasteiger partial charge in [-0.3, -0.25) is 9.78 Å². The molecule has 148 valence electrons. The molecule has 4 rings (SSSR count). The van der Waals surface area contributed by atoms with Gasteiger partial charge in [-0.2, -0.15) is 9.47 Å². The van der Waals surface area contributed by atoms with Crippen molar-refractivity contribution in [2.75, 3.05) is 5.32 Å². The zero-order valence-corrected chi connectivity index (χ0v) is 15.9. The number of nitrogens with zero attached hydrogens (tertiary/aromatic N) is 5. The van der Waals surface area contributed by atoms with Crippen molar-refractivity contribution in [1.29, 1.82) is 0 Å². The molecule has 3 aromatic heterocycles. The van der Waals surface area contributed by atoms with E-state index < -0.39 is 18.3 Å². The summed E-state index contributed by atoms with van der Waals surface area (Å²) in [4.78, 5) is 21.3. The Bertz CT molecular complexity index is 1090. The standard InChI is InChI=1S/C18H15F2N7OS/c1-10-16(17(28)23-11-3-4-12(19)13(20)7-11)18(29-26-10)25-14-8-21-9-15(24-14)27-6-2-5-22-27/h2-9,12-13H,1H3,(H,23,28)(H,24,25). The lowest BCUT2D eigenvalue weighted by Crippen LogP contribution is -2.27. The van der Waals surface area contributed by atoms with Gasteiger partial charge in [0.1, 0.15) is 5.00 Å². The highest BCUT2D eigenvalue weighted by molar-refractivity contribution is 7.10. The van der Waals surface area contributed by atoms with Crippen molar-refractivity contribution in [2.24, 2.45) is 0 Å². The van der Waals surface area contributed by atoms with E-state index in [1.165, 1.54) is 12.3 Å². The fourth-order valence-corrected chi connectivity index (χ4v) is 3.47. The van der Waals surface area contributed by atoms with Crippen molar-refractivity contribution >= 4 is 28.3 Å². The van der Waals surface area contributed by atoms with E-state index in [1.807, 2.05) is 0 Å². The van der Waals surface area contributed by atoms with Gasteiger partial charge in [0.2, 0.25) is 0 Å². The van der Waals surface area contributed by atoms with Crippen LogP contribution in [0.4, 0.5) is 19.6 Å². The van der Waals surface area contributed by atoms with E-state index in [0.717, 1.165) is 23.7 Å². The molecule has 0 bridgehead atoms. The molecule has 0 radical (unpaired) electrons. The van der Waals surface area contributed by atoms with Crippen molar-refractivity contribution in [1.82, 2.24) is 29.4 Å². The lowest BCUT2D eigenvalue weighted by atomic mass is 10.1. The molecule has 2 unspecified atom stereocenters. The number of halogens is 2. The van der Waals surface area contributed by atoms with Crippen LogP contribution in [0.1, 0.15) is 16.1 Å². The SMILES string of the molecule is Cc1nsc(Nc2cncc(-n3cccn3)n2)c1C(=O)NC1=CC(F)C(F)C=C1. The molecule has 2 atom stereocenters. The number of amides is 1. The van der Waals surface area contributed by atoms with Gasteiger partial charge in [-0.15, -0.1) is 0 Å². The Hall–Kier alpha value is -3.47. The van der Waals surface area contributed by atoms with Crippen LogP contribution in [0, 0.1) is 6.92 Å². The van der Waals surface area contributed by atoms with Gasteiger partial charge < -0.3 is 10.6 Å². The van der Waals surface area contributed by atoms with Crippen LogP contribution in [0.2, 0.25) is 0 Å². The quantitative estimate of drug-likeness (QED) is 0.665. The summed E-state index contributed by atoms with van der Waals surface area (Å²) in [7, 11) is 0. The average Bonchev–Trinajstić information content (AvgIpc) is 3.35. The predicted octanol–water partition coefficient (Wildman–Crippen LogP) is 3.03. The van der Waals surface area contributed by atoms with Gasteiger partial charge in [0.25, 0.3) is 5.91 Å². The third-order valence-corrected chi connectivity index (χ3v) is 4.91. The number of hydrogen-bond acceptors (Lipinski definition) is 7. The number of alkyl halides is 2. The van der Waals surface area contributed by atoms with Gasteiger partial charge in [-0.25, -0.2) is 18.4 Å². The van der Waals surface area contributed by atoms with E-state index in [-0.39, 0.29) is 11.3 Å². The number of carbonyl (C=O) groups excluding carboxylic acids is 1. The second-order valence-electron chi connectivity index (χ2n) is 6.13. The summed E-state index contributed by atoms with van der Waals surface area (Å²) in [6.45, 7) is 1.68. The van der Waals surface area contributed by atoms with Crippen LogP contribution < -0.4 is 10.6 Å². The van der Waals surface area contributed by atoms with E-state index in [9.17, 15) is 13.6 Å². The van der Waals surface area contributed by atoms with Crippen molar-refractivity contribution < 1.29 is 13.6 Å². The van der Waals surface area contributed by atoms with Gasteiger partial charge in [0.05, 0.1) is 23.7 Å². The maximum atomic E-state index is 13.5. The molecular formula is C18H15F2N7OS. The molecule has 1 aliphatic rings. The summed E-state index contributed by atoms with van der Waals surface area (Å²) in [6.07, 6.45) is 6.33. The summed E-state index contributed by atoms with van der Waals surface area (Å²) < 4.78 is 32.5. The number of hydrogen-bond donors (Lipinski definition) is 2. The van der Waals surface area contributed by atoms with E-state index in [2.05, 4.69) is 30.1 Å². The van der Waals surface area contributed by atoms with Crippen LogP contribution in [0.15, 0.2) is 54.8 Å². The zero-order valence-electron chi connectivity index (χ0n) is 15.1. The van der Waals surface area contributed by atoms with Crippen LogP contribution in [-0.4, -0.2) is 42.4 Å². The zero-order chi connectivity index (χ0) is 20.4. The van der Waals surface area contributed by atoms with Gasteiger partial charge in [0.15, 0.2) is 24.0 Å². The molecule has 2 N–H and O–H groups in total. The maximum Gasteiger partial charge on any atom is 0.260 e. The summed E-state index contributed by atoms with van der Waals surface area (Å²) in [5, 5.41) is 10.2. The Morgan fingerprint density at radius 3 is 2.90 bits per heavy atom. The first kappa shape index (κ1) is 18.9. The molecule has 29 heavy (non-hydrogen) atoms. The lowest BCUT2D eigenvalue weighted by Gasteiger charge is -2.15. The Balaban J connectivity index is 1.55. The van der Waals surface area contributed by atoms with Crippen LogP contribution in [-0.2, 0) is 0 Å². The largest absolute Gasteiger partial charge is 0.329 e. The molecule has 0 saturated carbocycles.